The second-order valence-corrected chi connectivity index (χ2v) is 3.36. The molecule has 1 aromatic heterocycles. The lowest BCUT2D eigenvalue weighted by Gasteiger charge is -1.99. The van der Waals surface area contributed by atoms with E-state index >= 15 is 0 Å². The maximum atomic E-state index is 10.3. The van der Waals surface area contributed by atoms with Crippen LogP contribution in [0.4, 0.5) is 0 Å². The molecule has 13 heavy (non-hydrogen) atoms. The Morgan fingerprint density at radius 3 is 3.00 bits per heavy atom. The first kappa shape index (κ1) is 8.35. The van der Waals surface area contributed by atoms with Gasteiger partial charge < -0.3 is 9.15 Å². The quantitative estimate of drug-likeness (QED) is 0.652. The van der Waals surface area contributed by atoms with Crippen molar-refractivity contribution in [3.05, 3.63) is 17.9 Å². The predicted octanol–water partition coefficient (Wildman–Crippen LogP) is 2.27. The van der Waals surface area contributed by atoms with Gasteiger partial charge in [-0.25, -0.2) is 0 Å². The fraction of sp³-hybridized carbons (Fsp3) is 0.500. The van der Waals surface area contributed by atoms with Crippen LogP contribution >= 0.6 is 0 Å². The van der Waals surface area contributed by atoms with Crippen molar-refractivity contribution < 1.29 is 13.9 Å². The van der Waals surface area contributed by atoms with Gasteiger partial charge in [-0.05, 0) is 18.4 Å². The highest BCUT2D eigenvalue weighted by molar-refractivity contribution is 5.70. The lowest BCUT2D eigenvalue weighted by molar-refractivity contribution is 0.109. The summed E-state index contributed by atoms with van der Waals surface area (Å²) in [6, 6.07) is 3.29. The third-order valence-electron chi connectivity index (χ3n) is 2.19. The largest absolute Gasteiger partial charge is 0.465 e. The van der Waals surface area contributed by atoms with Gasteiger partial charge in [-0.1, -0.05) is 12.8 Å². The number of aldehydes is 1. The Morgan fingerprint density at radius 2 is 2.38 bits per heavy atom. The number of ether oxygens (including phenoxy) is 1. The molecule has 0 aromatic carbocycles. The van der Waals surface area contributed by atoms with Crippen molar-refractivity contribution in [2.75, 3.05) is 6.61 Å². The van der Waals surface area contributed by atoms with Crippen LogP contribution in [0.3, 0.4) is 0 Å². The zero-order valence-electron chi connectivity index (χ0n) is 7.36. The van der Waals surface area contributed by atoms with Crippen molar-refractivity contribution in [2.45, 2.75) is 19.3 Å². The van der Waals surface area contributed by atoms with Crippen LogP contribution in [-0.2, 0) is 0 Å². The van der Waals surface area contributed by atoms with E-state index in [1.807, 2.05) is 0 Å². The summed E-state index contributed by atoms with van der Waals surface area (Å²) in [6.45, 7) is 0.691. The molecule has 1 aromatic rings. The normalized spacial score (nSPS) is 15.7. The Balaban J connectivity index is 1.75. The minimum atomic E-state index is 0.321. The van der Waals surface area contributed by atoms with Gasteiger partial charge in [-0.15, -0.1) is 0 Å². The minimum Gasteiger partial charge on any atom is -0.465 e. The van der Waals surface area contributed by atoms with Crippen LogP contribution < -0.4 is 4.74 Å². The summed E-state index contributed by atoms with van der Waals surface area (Å²) in [6.07, 6.45) is 4.44. The number of carbonyl (C=O) groups is 1. The van der Waals surface area contributed by atoms with Gasteiger partial charge in [0.25, 0.3) is 5.95 Å². The van der Waals surface area contributed by atoms with Crippen molar-refractivity contribution in [1.82, 2.24) is 0 Å². The van der Waals surface area contributed by atoms with Gasteiger partial charge in [0.05, 0.1) is 6.61 Å². The van der Waals surface area contributed by atoms with Crippen LogP contribution in [0.25, 0.3) is 0 Å². The zero-order chi connectivity index (χ0) is 9.10. The summed E-state index contributed by atoms with van der Waals surface area (Å²) >= 11 is 0. The molecular formula is C10H12O3. The number of hydrogen-bond donors (Lipinski definition) is 0. The van der Waals surface area contributed by atoms with Crippen molar-refractivity contribution in [1.29, 1.82) is 0 Å². The van der Waals surface area contributed by atoms with E-state index in [2.05, 4.69) is 0 Å². The van der Waals surface area contributed by atoms with E-state index in [9.17, 15) is 4.79 Å². The average Bonchev–Trinajstić information content (AvgIpc) is 2.84. The molecule has 0 amide bonds. The fourth-order valence-electron chi connectivity index (χ4n) is 1.21. The molecule has 1 heterocycles. The second-order valence-electron chi connectivity index (χ2n) is 3.36. The SMILES string of the molecule is O=Cc1ccc(OCCC2CC2)o1. The molecule has 0 N–H and O–H groups in total. The van der Waals surface area contributed by atoms with Crippen molar-refractivity contribution in [2.24, 2.45) is 5.92 Å². The molecular weight excluding hydrogens is 168 g/mol. The fourth-order valence-corrected chi connectivity index (χ4v) is 1.21. The maximum absolute atomic E-state index is 10.3. The van der Waals surface area contributed by atoms with Gasteiger partial charge in [-0.3, -0.25) is 4.79 Å². The molecule has 0 aliphatic heterocycles. The van der Waals surface area contributed by atoms with Crippen molar-refractivity contribution in [3.63, 3.8) is 0 Å². The van der Waals surface area contributed by atoms with E-state index in [-0.39, 0.29) is 0 Å². The summed E-state index contributed by atoms with van der Waals surface area (Å²) in [5, 5.41) is 0. The van der Waals surface area contributed by atoms with Crippen LogP contribution in [0.15, 0.2) is 16.5 Å². The van der Waals surface area contributed by atoms with E-state index in [1.54, 1.807) is 12.1 Å². The average molecular weight is 180 g/mol. The van der Waals surface area contributed by atoms with Crippen molar-refractivity contribution in [3.8, 4) is 5.95 Å². The van der Waals surface area contributed by atoms with E-state index in [4.69, 9.17) is 9.15 Å². The van der Waals surface area contributed by atoms with Gasteiger partial charge in [0, 0.05) is 6.07 Å². The molecule has 2 rings (SSSR count). The molecule has 0 atom stereocenters. The molecule has 1 saturated carbocycles. The number of rotatable bonds is 5. The van der Waals surface area contributed by atoms with Crippen LogP contribution in [0.5, 0.6) is 5.95 Å². The Labute approximate surface area is 76.7 Å². The second kappa shape index (κ2) is 3.64. The highest BCUT2D eigenvalue weighted by Crippen LogP contribution is 2.32. The van der Waals surface area contributed by atoms with Crippen LogP contribution in [-0.4, -0.2) is 12.9 Å². The summed E-state index contributed by atoms with van der Waals surface area (Å²) in [4.78, 5) is 10.3. The third kappa shape index (κ3) is 2.34. The summed E-state index contributed by atoms with van der Waals surface area (Å²) in [5.74, 6) is 1.63. The first-order valence-corrected chi connectivity index (χ1v) is 4.56. The Bertz CT molecular complexity index is 286. The molecule has 3 nitrogen and oxygen atoms in total. The molecule has 1 aliphatic carbocycles. The summed E-state index contributed by atoms with van der Waals surface area (Å²) in [5.41, 5.74) is 0. The summed E-state index contributed by atoms with van der Waals surface area (Å²) in [7, 11) is 0. The molecule has 1 aliphatic rings. The monoisotopic (exact) mass is 180 g/mol. The lowest BCUT2D eigenvalue weighted by Crippen LogP contribution is -1.96. The Hall–Kier alpha value is -1.25. The van der Waals surface area contributed by atoms with Gasteiger partial charge in [0.1, 0.15) is 0 Å². The molecule has 0 radical (unpaired) electrons. The highest BCUT2D eigenvalue weighted by Gasteiger charge is 2.20. The third-order valence-corrected chi connectivity index (χ3v) is 2.19. The minimum absolute atomic E-state index is 0.321. The Kier molecular flexibility index (Phi) is 2.34. The molecule has 0 bridgehead atoms. The van der Waals surface area contributed by atoms with Crippen LogP contribution in [0.1, 0.15) is 29.8 Å². The Morgan fingerprint density at radius 1 is 1.54 bits per heavy atom. The zero-order valence-corrected chi connectivity index (χ0v) is 7.36. The molecule has 0 spiro atoms. The molecule has 0 saturated heterocycles. The van der Waals surface area contributed by atoms with E-state index in [0.29, 0.717) is 24.6 Å². The van der Waals surface area contributed by atoms with Gasteiger partial charge >= 0.3 is 0 Å². The molecule has 0 unspecified atom stereocenters. The number of hydrogen-bond acceptors (Lipinski definition) is 3. The number of carbonyl (C=O) groups excluding carboxylic acids is 1. The first-order chi connectivity index (χ1) is 6.38. The standard InChI is InChI=1S/C10H12O3/c11-7-9-3-4-10(13-9)12-6-5-8-1-2-8/h3-4,7-8H,1-2,5-6H2. The van der Waals surface area contributed by atoms with E-state index < -0.39 is 0 Å². The molecule has 3 heteroatoms. The van der Waals surface area contributed by atoms with Crippen LogP contribution in [0.2, 0.25) is 0 Å². The predicted molar refractivity (Wildman–Crippen MR) is 46.9 cm³/mol. The molecule has 1 fully saturated rings. The topological polar surface area (TPSA) is 39.4 Å². The molecule has 70 valence electrons. The van der Waals surface area contributed by atoms with Crippen LogP contribution in [0, 0.1) is 5.92 Å². The maximum Gasteiger partial charge on any atom is 0.284 e. The first-order valence-electron chi connectivity index (χ1n) is 4.56. The van der Waals surface area contributed by atoms with E-state index in [0.717, 1.165) is 12.3 Å². The van der Waals surface area contributed by atoms with Crippen molar-refractivity contribution >= 4 is 6.29 Å². The van der Waals surface area contributed by atoms with Gasteiger partial charge in [0.15, 0.2) is 12.0 Å². The number of furan rings is 1. The lowest BCUT2D eigenvalue weighted by atomic mass is 10.3. The van der Waals surface area contributed by atoms with Gasteiger partial charge in [-0.2, -0.15) is 0 Å². The van der Waals surface area contributed by atoms with E-state index in [1.165, 1.54) is 12.8 Å². The highest BCUT2D eigenvalue weighted by atomic mass is 16.6. The van der Waals surface area contributed by atoms with Gasteiger partial charge in [0.2, 0.25) is 0 Å². The summed E-state index contributed by atoms with van der Waals surface area (Å²) < 4.78 is 10.4. The smallest absolute Gasteiger partial charge is 0.284 e.